The third kappa shape index (κ3) is 3.26. The first-order valence-corrected chi connectivity index (χ1v) is 7.04. The van der Waals surface area contributed by atoms with Crippen LogP contribution in [0.4, 0.5) is 15.8 Å². The number of nitrogens with zero attached hydrogens (tertiary/aromatic N) is 1. The molecule has 0 fully saturated rings. The largest absolute Gasteiger partial charge is 0.508 e. The van der Waals surface area contributed by atoms with E-state index >= 15 is 0 Å². The average molecular weight is 312 g/mol. The van der Waals surface area contributed by atoms with E-state index in [4.69, 9.17) is 0 Å². The van der Waals surface area contributed by atoms with E-state index in [1.807, 2.05) is 0 Å². The number of nitro benzene ring substituents is 1. The maximum absolute atomic E-state index is 13.4. The molecule has 0 saturated carbocycles. The molecule has 21 heavy (non-hydrogen) atoms. The molecular weight excluding hydrogens is 303 g/mol. The van der Waals surface area contributed by atoms with Crippen LogP contribution < -0.4 is 4.72 Å². The number of nitrogens with one attached hydrogen (secondary N) is 1. The average Bonchev–Trinajstić information content (AvgIpc) is 2.37. The van der Waals surface area contributed by atoms with Crippen molar-refractivity contribution in [2.24, 2.45) is 0 Å². The van der Waals surface area contributed by atoms with Gasteiger partial charge < -0.3 is 5.11 Å². The minimum absolute atomic E-state index is 0.165. The summed E-state index contributed by atoms with van der Waals surface area (Å²) >= 11 is 0. The van der Waals surface area contributed by atoms with Crippen LogP contribution in [0.5, 0.6) is 5.75 Å². The lowest BCUT2D eigenvalue weighted by atomic mass is 10.3. The van der Waals surface area contributed by atoms with Gasteiger partial charge in [-0.3, -0.25) is 14.8 Å². The molecule has 2 N–H and O–H groups in total. The van der Waals surface area contributed by atoms with Gasteiger partial charge in [-0.1, -0.05) is 6.07 Å². The van der Waals surface area contributed by atoms with Crippen LogP contribution >= 0.6 is 0 Å². The summed E-state index contributed by atoms with van der Waals surface area (Å²) in [5.74, 6) is -1.40. The molecule has 0 unspecified atom stereocenters. The van der Waals surface area contributed by atoms with E-state index in [9.17, 15) is 28.0 Å². The highest BCUT2D eigenvalue weighted by atomic mass is 32.2. The molecule has 0 radical (unpaired) electrons. The van der Waals surface area contributed by atoms with Crippen molar-refractivity contribution in [3.63, 3.8) is 0 Å². The number of phenols is 1. The lowest BCUT2D eigenvalue weighted by Gasteiger charge is -2.08. The Morgan fingerprint density at radius 1 is 1.19 bits per heavy atom. The topological polar surface area (TPSA) is 110 Å². The predicted octanol–water partition coefficient (Wildman–Crippen LogP) is 2.24. The van der Waals surface area contributed by atoms with E-state index < -0.39 is 26.5 Å². The molecule has 0 aliphatic heterocycles. The Kier molecular flexibility index (Phi) is 3.76. The quantitative estimate of drug-likeness (QED) is 0.664. The lowest BCUT2D eigenvalue weighted by molar-refractivity contribution is -0.387. The molecule has 0 aliphatic rings. The summed E-state index contributed by atoms with van der Waals surface area (Å²) in [6, 6.07) is 7.52. The van der Waals surface area contributed by atoms with Crippen LogP contribution in [-0.4, -0.2) is 18.4 Å². The zero-order valence-electron chi connectivity index (χ0n) is 10.4. The van der Waals surface area contributed by atoms with E-state index in [1.54, 1.807) is 0 Å². The number of benzene rings is 2. The normalized spacial score (nSPS) is 11.1. The van der Waals surface area contributed by atoms with Gasteiger partial charge in [-0.2, -0.15) is 4.39 Å². The maximum Gasteiger partial charge on any atom is 0.304 e. The van der Waals surface area contributed by atoms with E-state index in [0.717, 1.165) is 18.2 Å². The number of anilines is 1. The van der Waals surface area contributed by atoms with Gasteiger partial charge in [0.05, 0.1) is 15.5 Å². The zero-order chi connectivity index (χ0) is 15.6. The Bertz CT molecular complexity index is 807. The van der Waals surface area contributed by atoms with Crippen molar-refractivity contribution in [2.75, 3.05) is 4.72 Å². The first kappa shape index (κ1) is 14.7. The summed E-state index contributed by atoms with van der Waals surface area (Å²) in [5.41, 5.74) is -0.920. The molecule has 9 heteroatoms. The van der Waals surface area contributed by atoms with Gasteiger partial charge in [0.25, 0.3) is 10.0 Å². The molecule has 0 atom stereocenters. The van der Waals surface area contributed by atoms with Gasteiger partial charge in [-0.15, -0.1) is 0 Å². The number of aromatic hydroxyl groups is 1. The smallest absolute Gasteiger partial charge is 0.304 e. The fraction of sp³-hybridized carbons (Fsp3) is 0. The van der Waals surface area contributed by atoms with E-state index in [0.29, 0.717) is 6.07 Å². The molecule has 2 aromatic carbocycles. The van der Waals surface area contributed by atoms with Crippen LogP contribution in [0.2, 0.25) is 0 Å². The fourth-order valence-electron chi connectivity index (χ4n) is 1.58. The Labute approximate surface area is 118 Å². The number of rotatable bonds is 4. The van der Waals surface area contributed by atoms with Crippen LogP contribution in [-0.2, 0) is 10.0 Å². The zero-order valence-corrected chi connectivity index (χ0v) is 11.2. The summed E-state index contributed by atoms with van der Waals surface area (Å²) in [4.78, 5) is 9.34. The monoisotopic (exact) mass is 312 g/mol. The van der Waals surface area contributed by atoms with Crippen molar-refractivity contribution in [3.05, 3.63) is 58.4 Å². The van der Waals surface area contributed by atoms with Crippen molar-refractivity contribution in [3.8, 4) is 5.75 Å². The van der Waals surface area contributed by atoms with Crippen LogP contribution in [0.15, 0.2) is 47.4 Å². The third-order valence-electron chi connectivity index (χ3n) is 2.52. The highest BCUT2D eigenvalue weighted by molar-refractivity contribution is 7.92. The Morgan fingerprint density at radius 3 is 2.48 bits per heavy atom. The van der Waals surface area contributed by atoms with Gasteiger partial charge in [0.1, 0.15) is 5.75 Å². The molecule has 0 aliphatic carbocycles. The number of halogens is 1. The third-order valence-corrected chi connectivity index (χ3v) is 3.90. The number of hydrogen-bond donors (Lipinski definition) is 2. The highest BCUT2D eigenvalue weighted by Crippen LogP contribution is 2.24. The van der Waals surface area contributed by atoms with Crippen molar-refractivity contribution in [2.45, 2.75) is 4.90 Å². The summed E-state index contributed by atoms with van der Waals surface area (Å²) in [6.07, 6.45) is 0. The molecule has 0 saturated heterocycles. The van der Waals surface area contributed by atoms with Gasteiger partial charge in [0, 0.05) is 18.2 Å². The predicted molar refractivity (Wildman–Crippen MR) is 72.0 cm³/mol. The molecule has 7 nitrogen and oxygen atoms in total. The van der Waals surface area contributed by atoms with Gasteiger partial charge in [0.2, 0.25) is 5.82 Å². The van der Waals surface area contributed by atoms with Gasteiger partial charge in [-0.05, 0) is 18.2 Å². The van der Waals surface area contributed by atoms with Crippen LogP contribution in [0.3, 0.4) is 0 Å². The lowest BCUT2D eigenvalue weighted by Crippen LogP contribution is -2.13. The first-order valence-electron chi connectivity index (χ1n) is 5.55. The summed E-state index contributed by atoms with van der Waals surface area (Å²) in [5, 5.41) is 19.7. The number of sulfonamides is 1. The SMILES string of the molecule is O=[N+]([O-])c1ccc(NS(=O)(=O)c2cccc(O)c2)cc1F. The molecule has 0 aromatic heterocycles. The molecule has 0 bridgehead atoms. The number of phenolic OH excluding ortho intramolecular Hbond substituents is 1. The van der Waals surface area contributed by atoms with Gasteiger partial charge in [-0.25, -0.2) is 8.42 Å². The first-order chi connectivity index (χ1) is 9.79. The van der Waals surface area contributed by atoms with E-state index in [2.05, 4.69) is 4.72 Å². The molecule has 0 heterocycles. The molecule has 110 valence electrons. The molecule has 2 rings (SSSR count). The number of nitro groups is 1. The minimum Gasteiger partial charge on any atom is -0.508 e. The minimum atomic E-state index is -4.03. The van der Waals surface area contributed by atoms with Crippen LogP contribution in [0.25, 0.3) is 0 Å². The Balaban J connectivity index is 2.33. The van der Waals surface area contributed by atoms with E-state index in [-0.39, 0.29) is 16.3 Å². The van der Waals surface area contributed by atoms with Gasteiger partial charge in [0.15, 0.2) is 0 Å². The highest BCUT2D eigenvalue weighted by Gasteiger charge is 2.18. The Hall–Kier alpha value is -2.68. The van der Waals surface area contributed by atoms with Crippen LogP contribution in [0.1, 0.15) is 0 Å². The molecule has 0 spiro atoms. The maximum atomic E-state index is 13.4. The van der Waals surface area contributed by atoms with Crippen molar-refractivity contribution in [1.29, 1.82) is 0 Å². The van der Waals surface area contributed by atoms with Crippen LogP contribution in [0, 0.1) is 15.9 Å². The summed E-state index contributed by atoms with van der Waals surface area (Å²) < 4.78 is 39.5. The molecule has 2 aromatic rings. The summed E-state index contributed by atoms with van der Waals surface area (Å²) in [7, 11) is -4.03. The molecule has 0 amide bonds. The standard InChI is InChI=1S/C12H9FN2O5S/c13-11-6-8(4-5-12(11)15(17)18)14-21(19,20)10-3-1-2-9(16)7-10/h1-7,14,16H. The second-order valence-corrected chi connectivity index (χ2v) is 5.71. The van der Waals surface area contributed by atoms with Crippen molar-refractivity contribution in [1.82, 2.24) is 0 Å². The van der Waals surface area contributed by atoms with Crippen molar-refractivity contribution < 1.29 is 22.8 Å². The van der Waals surface area contributed by atoms with Gasteiger partial charge >= 0.3 is 5.69 Å². The summed E-state index contributed by atoms with van der Waals surface area (Å²) in [6.45, 7) is 0. The second kappa shape index (κ2) is 5.37. The van der Waals surface area contributed by atoms with Crippen molar-refractivity contribution >= 4 is 21.4 Å². The number of hydrogen-bond acceptors (Lipinski definition) is 5. The molecular formula is C12H9FN2O5S. The second-order valence-electron chi connectivity index (χ2n) is 4.03. The Morgan fingerprint density at radius 2 is 1.90 bits per heavy atom. The van der Waals surface area contributed by atoms with E-state index in [1.165, 1.54) is 18.2 Å². The fourth-order valence-corrected chi connectivity index (χ4v) is 2.67.